The number of hydrogen-bond donors (Lipinski definition) is 2. The van der Waals surface area contributed by atoms with Crippen molar-refractivity contribution in [3.63, 3.8) is 0 Å². The summed E-state index contributed by atoms with van der Waals surface area (Å²) in [5, 5.41) is 0. The van der Waals surface area contributed by atoms with E-state index in [0.29, 0.717) is 11.4 Å². The molecule has 0 heterocycles. The fourth-order valence-electron chi connectivity index (χ4n) is 2.41. The van der Waals surface area contributed by atoms with Crippen LogP contribution in [0.3, 0.4) is 0 Å². The highest BCUT2D eigenvalue weighted by Crippen LogP contribution is 2.34. The standard InChI is InChI=1S/C15H18N2/c1-9-7-10(2)14(11(3)8-9)12-5-4-6-13(16)15(12)17/h4-8H,16-17H2,1-3H3. The Kier molecular flexibility index (Phi) is 2.80. The molecule has 0 saturated carbocycles. The molecule has 17 heavy (non-hydrogen) atoms. The van der Waals surface area contributed by atoms with Gasteiger partial charge in [-0.15, -0.1) is 0 Å². The number of aryl methyl sites for hydroxylation is 3. The van der Waals surface area contributed by atoms with Crippen LogP contribution in [0.25, 0.3) is 11.1 Å². The smallest absolute Gasteiger partial charge is 0.0627 e. The number of nitrogens with two attached hydrogens (primary N) is 2. The van der Waals surface area contributed by atoms with Crippen molar-refractivity contribution in [1.29, 1.82) is 0 Å². The summed E-state index contributed by atoms with van der Waals surface area (Å²) in [7, 11) is 0. The van der Waals surface area contributed by atoms with Crippen LogP contribution in [-0.4, -0.2) is 0 Å². The molecule has 2 rings (SSSR count). The molecule has 0 amide bonds. The summed E-state index contributed by atoms with van der Waals surface area (Å²) in [5.74, 6) is 0. The van der Waals surface area contributed by atoms with E-state index in [2.05, 4.69) is 32.9 Å². The van der Waals surface area contributed by atoms with Gasteiger partial charge in [-0.25, -0.2) is 0 Å². The SMILES string of the molecule is Cc1cc(C)c(-c2cccc(N)c2N)c(C)c1. The summed E-state index contributed by atoms with van der Waals surface area (Å²) in [6.45, 7) is 6.32. The molecular weight excluding hydrogens is 208 g/mol. The summed E-state index contributed by atoms with van der Waals surface area (Å²) < 4.78 is 0. The first-order valence-corrected chi connectivity index (χ1v) is 5.73. The van der Waals surface area contributed by atoms with Gasteiger partial charge in [0.25, 0.3) is 0 Å². The van der Waals surface area contributed by atoms with Gasteiger partial charge in [-0.1, -0.05) is 29.8 Å². The number of benzene rings is 2. The van der Waals surface area contributed by atoms with Crippen molar-refractivity contribution in [2.24, 2.45) is 0 Å². The summed E-state index contributed by atoms with van der Waals surface area (Å²) in [6, 6.07) is 10.1. The normalized spacial score (nSPS) is 10.5. The van der Waals surface area contributed by atoms with E-state index in [1.807, 2.05) is 18.2 Å². The van der Waals surface area contributed by atoms with Crippen molar-refractivity contribution in [2.45, 2.75) is 20.8 Å². The number of hydrogen-bond acceptors (Lipinski definition) is 2. The first-order chi connectivity index (χ1) is 8.00. The zero-order valence-corrected chi connectivity index (χ0v) is 10.5. The second-order valence-corrected chi connectivity index (χ2v) is 4.58. The van der Waals surface area contributed by atoms with E-state index in [0.717, 1.165) is 5.56 Å². The lowest BCUT2D eigenvalue weighted by Gasteiger charge is -2.14. The largest absolute Gasteiger partial charge is 0.397 e. The molecule has 0 aliphatic rings. The third-order valence-corrected chi connectivity index (χ3v) is 3.09. The third-order valence-electron chi connectivity index (χ3n) is 3.09. The molecule has 2 aromatic rings. The lowest BCUT2D eigenvalue weighted by molar-refractivity contribution is 1.32. The Morgan fingerprint density at radius 1 is 0.882 bits per heavy atom. The van der Waals surface area contributed by atoms with E-state index in [1.165, 1.54) is 22.3 Å². The number of anilines is 2. The highest BCUT2D eigenvalue weighted by molar-refractivity contribution is 5.87. The van der Waals surface area contributed by atoms with Crippen LogP contribution in [0.4, 0.5) is 11.4 Å². The number of para-hydroxylation sites is 1. The van der Waals surface area contributed by atoms with Crippen molar-refractivity contribution in [2.75, 3.05) is 11.5 Å². The van der Waals surface area contributed by atoms with Gasteiger partial charge in [0.1, 0.15) is 0 Å². The molecule has 2 heteroatoms. The maximum atomic E-state index is 6.07. The van der Waals surface area contributed by atoms with Crippen LogP contribution in [0.5, 0.6) is 0 Å². The minimum Gasteiger partial charge on any atom is -0.397 e. The lowest BCUT2D eigenvalue weighted by Crippen LogP contribution is -1.99. The molecule has 2 aromatic carbocycles. The van der Waals surface area contributed by atoms with E-state index in [9.17, 15) is 0 Å². The molecule has 0 unspecified atom stereocenters. The summed E-state index contributed by atoms with van der Waals surface area (Å²) >= 11 is 0. The zero-order valence-electron chi connectivity index (χ0n) is 10.5. The van der Waals surface area contributed by atoms with Crippen molar-refractivity contribution < 1.29 is 0 Å². The van der Waals surface area contributed by atoms with Gasteiger partial charge in [0.2, 0.25) is 0 Å². The van der Waals surface area contributed by atoms with Crippen LogP contribution < -0.4 is 11.5 Å². The molecule has 0 bridgehead atoms. The average Bonchev–Trinajstić information content (AvgIpc) is 2.23. The Balaban J connectivity index is 2.73. The van der Waals surface area contributed by atoms with Crippen molar-refractivity contribution in [1.82, 2.24) is 0 Å². The second kappa shape index (κ2) is 4.13. The zero-order chi connectivity index (χ0) is 12.6. The Morgan fingerprint density at radius 3 is 2.06 bits per heavy atom. The maximum Gasteiger partial charge on any atom is 0.0627 e. The highest BCUT2D eigenvalue weighted by atomic mass is 14.7. The van der Waals surface area contributed by atoms with Crippen molar-refractivity contribution in [3.8, 4) is 11.1 Å². The van der Waals surface area contributed by atoms with Crippen LogP contribution in [0.1, 0.15) is 16.7 Å². The molecule has 0 radical (unpaired) electrons. The predicted molar refractivity (Wildman–Crippen MR) is 74.9 cm³/mol. The summed E-state index contributed by atoms with van der Waals surface area (Å²) in [5.41, 5.74) is 19.2. The molecule has 2 nitrogen and oxygen atoms in total. The van der Waals surface area contributed by atoms with Gasteiger partial charge < -0.3 is 11.5 Å². The van der Waals surface area contributed by atoms with E-state index in [-0.39, 0.29) is 0 Å². The van der Waals surface area contributed by atoms with E-state index < -0.39 is 0 Å². The molecule has 0 aliphatic heterocycles. The molecule has 4 N–H and O–H groups in total. The first-order valence-electron chi connectivity index (χ1n) is 5.73. The van der Waals surface area contributed by atoms with Crippen LogP contribution in [0.15, 0.2) is 30.3 Å². The van der Waals surface area contributed by atoms with E-state index in [4.69, 9.17) is 11.5 Å². The summed E-state index contributed by atoms with van der Waals surface area (Å²) in [6.07, 6.45) is 0. The van der Waals surface area contributed by atoms with Crippen LogP contribution in [-0.2, 0) is 0 Å². The van der Waals surface area contributed by atoms with Crippen molar-refractivity contribution >= 4 is 11.4 Å². The van der Waals surface area contributed by atoms with Crippen LogP contribution in [0, 0.1) is 20.8 Å². The fraction of sp³-hybridized carbons (Fsp3) is 0.200. The minimum absolute atomic E-state index is 0.641. The Bertz CT molecular complexity index is 548. The molecule has 0 atom stereocenters. The van der Waals surface area contributed by atoms with Gasteiger partial charge in [0.05, 0.1) is 11.4 Å². The minimum atomic E-state index is 0.641. The Hall–Kier alpha value is -1.96. The summed E-state index contributed by atoms with van der Waals surface area (Å²) in [4.78, 5) is 0. The molecule has 88 valence electrons. The monoisotopic (exact) mass is 226 g/mol. The van der Waals surface area contributed by atoms with Crippen LogP contribution in [0.2, 0.25) is 0 Å². The maximum absolute atomic E-state index is 6.07. The fourth-order valence-corrected chi connectivity index (χ4v) is 2.41. The first kappa shape index (κ1) is 11.5. The lowest BCUT2D eigenvalue weighted by atomic mass is 9.92. The van der Waals surface area contributed by atoms with Gasteiger partial charge in [-0.3, -0.25) is 0 Å². The third kappa shape index (κ3) is 1.98. The molecule has 0 spiro atoms. The number of nitrogen functional groups attached to an aromatic ring is 2. The topological polar surface area (TPSA) is 52.0 Å². The quantitative estimate of drug-likeness (QED) is 0.732. The van der Waals surface area contributed by atoms with Gasteiger partial charge in [0, 0.05) is 5.56 Å². The van der Waals surface area contributed by atoms with Gasteiger partial charge in [-0.2, -0.15) is 0 Å². The van der Waals surface area contributed by atoms with E-state index >= 15 is 0 Å². The molecule has 0 fully saturated rings. The van der Waals surface area contributed by atoms with Crippen LogP contribution >= 0.6 is 0 Å². The predicted octanol–water partition coefficient (Wildman–Crippen LogP) is 3.44. The molecule has 0 aromatic heterocycles. The van der Waals surface area contributed by atoms with Crippen molar-refractivity contribution in [3.05, 3.63) is 47.0 Å². The number of rotatable bonds is 1. The Labute approximate surface area is 102 Å². The highest BCUT2D eigenvalue weighted by Gasteiger charge is 2.10. The van der Waals surface area contributed by atoms with Gasteiger partial charge in [-0.05, 0) is 43.5 Å². The van der Waals surface area contributed by atoms with Gasteiger partial charge in [0.15, 0.2) is 0 Å². The Morgan fingerprint density at radius 2 is 1.47 bits per heavy atom. The molecule has 0 saturated heterocycles. The van der Waals surface area contributed by atoms with E-state index in [1.54, 1.807) is 0 Å². The second-order valence-electron chi connectivity index (χ2n) is 4.58. The average molecular weight is 226 g/mol. The van der Waals surface area contributed by atoms with Gasteiger partial charge >= 0.3 is 0 Å². The molecule has 0 aliphatic carbocycles. The molecular formula is C15H18N2.